The van der Waals surface area contributed by atoms with Gasteiger partial charge in [0.25, 0.3) is 0 Å². The fourth-order valence-corrected chi connectivity index (χ4v) is 1.82. The van der Waals surface area contributed by atoms with E-state index in [1.165, 1.54) is 0 Å². The molecule has 1 amide bonds. The predicted octanol–water partition coefficient (Wildman–Crippen LogP) is 1.86. The summed E-state index contributed by atoms with van der Waals surface area (Å²) in [6.07, 6.45) is -0.458. The molecule has 0 saturated heterocycles. The van der Waals surface area contributed by atoms with E-state index in [9.17, 15) is 18.4 Å². The third kappa shape index (κ3) is 3.76. The lowest BCUT2D eigenvalue weighted by molar-refractivity contribution is -0.141. The number of hydrogen-bond acceptors (Lipinski definition) is 2. The lowest BCUT2D eigenvalue weighted by Gasteiger charge is -2.14. The molecule has 0 spiro atoms. The van der Waals surface area contributed by atoms with Crippen LogP contribution >= 0.6 is 15.9 Å². The van der Waals surface area contributed by atoms with Gasteiger partial charge in [-0.25, -0.2) is 13.6 Å². The molecule has 0 bridgehead atoms. The average molecular weight is 322 g/mol. The number of hydrogen-bond donors (Lipinski definition) is 2. The molecule has 7 heteroatoms. The van der Waals surface area contributed by atoms with Crippen LogP contribution in [0.1, 0.15) is 12.5 Å². The van der Waals surface area contributed by atoms with Crippen molar-refractivity contribution in [1.82, 2.24) is 5.32 Å². The molecule has 0 saturated carbocycles. The minimum Gasteiger partial charge on any atom is -0.480 e. The van der Waals surface area contributed by atoms with Crippen molar-refractivity contribution in [2.45, 2.75) is 19.4 Å². The van der Waals surface area contributed by atoms with Crippen molar-refractivity contribution in [3.8, 4) is 0 Å². The van der Waals surface area contributed by atoms with Gasteiger partial charge in [0.05, 0.1) is 0 Å². The predicted molar refractivity (Wildman–Crippen MR) is 63.0 cm³/mol. The van der Waals surface area contributed by atoms with Crippen LogP contribution in [0, 0.1) is 11.6 Å². The minimum absolute atomic E-state index is 0.215. The van der Waals surface area contributed by atoms with E-state index in [-0.39, 0.29) is 10.0 Å². The summed E-state index contributed by atoms with van der Waals surface area (Å²) in [5.41, 5.74) is -0.376. The number of halogens is 3. The van der Waals surface area contributed by atoms with Gasteiger partial charge in [-0.3, -0.25) is 4.79 Å². The highest BCUT2D eigenvalue weighted by Gasteiger charge is 2.23. The molecule has 0 fully saturated rings. The molecule has 1 aromatic rings. The Bertz CT molecular complexity index is 470. The van der Waals surface area contributed by atoms with E-state index in [2.05, 4.69) is 21.2 Å². The summed E-state index contributed by atoms with van der Waals surface area (Å²) in [6, 6.07) is 0.698. The number of carbonyl (C=O) groups excluding carboxylic acids is 1. The summed E-state index contributed by atoms with van der Waals surface area (Å²) in [7, 11) is 0. The Labute approximate surface area is 110 Å². The third-order valence-electron chi connectivity index (χ3n) is 2.19. The fourth-order valence-electron chi connectivity index (χ4n) is 1.42. The Hall–Kier alpha value is -1.50. The van der Waals surface area contributed by atoms with Crippen molar-refractivity contribution < 1.29 is 23.5 Å². The molecule has 1 atom stereocenters. The fraction of sp³-hybridized carbons (Fsp3) is 0.273. The highest BCUT2D eigenvalue weighted by Crippen LogP contribution is 2.20. The Balaban J connectivity index is 3.01. The first-order chi connectivity index (χ1) is 8.31. The van der Waals surface area contributed by atoms with Gasteiger partial charge in [-0.05, 0) is 12.1 Å². The topological polar surface area (TPSA) is 66.4 Å². The van der Waals surface area contributed by atoms with Gasteiger partial charge >= 0.3 is 5.97 Å². The van der Waals surface area contributed by atoms with Crippen LogP contribution in [-0.4, -0.2) is 23.0 Å². The number of amides is 1. The maximum absolute atomic E-state index is 13.5. The Morgan fingerprint density at radius 2 is 1.89 bits per heavy atom. The molecule has 2 N–H and O–H groups in total. The molecular formula is C11H10BrF2NO3. The van der Waals surface area contributed by atoms with Gasteiger partial charge in [0.2, 0.25) is 5.91 Å². The van der Waals surface area contributed by atoms with Crippen molar-refractivity contribution in [1.29, 1.82) is 0 Å². The molecule has 1 rings (SSSR count). The van der Waals surface area contributed by atoms with Crippen molar-refractivity contribution in [2.24, 2.45) is 0 Å². The molecular weight excluding hydrogens is 312 g/mol. The molecule has 0 unspecified atom stereocenters. The SMILES string of the molecule is CC(=O)N[C@H](Cc1c(F)cc(Br)cc1F)C(=O)O. The standard InChI is InChI=1S/C11H10BrF2NO3/c1-5(16)15-10(11(17)18)4-7-8(13)2-6(12)3-9(7)14/h2-3,10H,4H2,1H3,(H,15,16)(H,17,18)/t10-/m1/s1. The molecule has 1 aromatic carbocycles. The Kier molecular flexibility index (Phi) is 4.77. The maximum Gasteiger partial charge on any atom is 0.326 e. The molecule has 18 heavy (non-hydrogen) atoms. The van der Waals surface area contributed by atoms with Crippen molar-refractivity contribution >= 4 is 27.8 Å². The zero-order valence-electron chi connectivity index (χ0n) is 9.34. The van der Waals surface area contributed by atoms with E-state index in [0.29, 0.717) is 0 Å². The quantitative estimate of drug-likeness (QED) is 0.889. The first-order valence-corrected chi connectivity index (χ1v) is 5.74. The zero-order valence-corrected chi connectivity index (χ0v) is 10.9. The van der Waals surface area contributed by atoms with E-state index in [0.717, 1.165) is 19.1 Å². The average Bonchev–Trinajstić information content (AvgIpc) is 2.20. The van der Waals surface area contributed by atoms with E-state index >= 15 is 0 Å². The van der Waals surface area contributed by atoms with Crippen LogP contribution in [0.5, 0.6) is 0 Å². The van der Waals surface area contributed by atoms with E-state index < -0.39 is 36.0 Å². The zero-order chi connectivity index (χ0) is 13.9. The number of carboxylic acids is 1. The van der Waals surface area contributed by atoms with Crippen LogP contribution in [0.2, 0.25) is 0 Å². The number of nitrogens with one attached hydrogen (secondary N) is 1. The van der Waals surface area contributed by atoms with Gasteiger partial charge < -0.3 is 10.4 Å². The number of rotatable bonds is 4. The maximum atomic E-state index is 13.5. The summed E-state index contributed by atoms with van der Waals surface area (Å²) in [6.45, 7) is 1.13. The molecule has 4 nitrogen and oxygen atoms in total. The number of carboxylic acid groups (broad SMARTS) is 1. The van der Waals surface area contributed by atoms with Crippen molar-refractivity contribution in [2.75, 3.05) is 0 Å². The van der Waals surface area contributed by atoms with E-state index in [4.69, 9.17) is 5.11 Å². The Morgan fingerprint density at radius 3 is 2.28 bits per heavy atom. The second kappa shape index (κ2) is 5.90. The van der Waals surface area contributed by atoms with Gasteiger partial charge in [0.15, 0.2) is 0 Å². The molecule has 0 aliphatic rings. The van der Waals surface area contributed by atoms with Gasteiger partial charge in [-0.1, -0.05) is 15.9 Å². The molecule has 0 aromatic heterocycles. The summed E-state index contributed by atoms with van der Waals surface area (Å²) in [5.74, 6) is -3.66. The smallest absolute Gasteiger partial charge is 0.326 e. The Morgan fingerprint density at radius 1 is 1.39 bits per heavy atom. The molecule has 0 radical (unpaired) electrons. The van der Waals surface area contributed by atoms with Crippen LogP contribution in [0.3, 0.4) is 0 Å². The first-order valence-electron chi connectivity index (χ1n) is 4.94. The molecule has 98 valence electrons. The highest BCUT2D eigenvalue weighted by atomic mass is 79.9. The van der Waals surface area contributed by atoms with Gasteiger partial charge in [0, 0.05) is 23.4 Å². The lowest BCUT2D eigenvalue weighted by atomic mass is 10.0. The van der Waals surface area contributed by atoms with Gasteiger partial charge in [-0.2, -0.15) is 0 Å². The summed E-state index contributed by atoms with van der Waals surface area (Å²) in [4.78, 5) is 21.7. The van der Waals surface area contributed by atoms with Crippen LogP contribution in [-0.2, 0) is 16.0 Å². The van der Waals surface area contributed by atoms with Crippen LogP contribution < -0.4 is 5.32 Å². The van der Waals surface area contributed by atoms with Crippen LogP contribution in [0.4, 0.5) is 8.78 Å². The first kappa shape index (κ1) is 14.6. The summed E-state index contributed by atoms with van der Waals surface area (Å²) in [5, 5.41) is 11.0. The summed E-state index contributed by atoms with van der Waals surface area (Å²) < 4.78 is 27.2. The van der Waals surface area contributed by atoms with E-state index in [1.54, 1.807) is 0 Å². The van der Waals surface area contributed by atoms with Crippen molar-refractivity contribution in [3.63, 3.8) is 0 Å². The van der Waals surface area contributed by atoms with Crippen molar-refractivity contribution in [3.05, 3.63) is 33.8 Å². The second-order valence-electron chi connectivity index (χ2n) is 3.64. The molecule has 0 aliphatic carbocycles. The van der Waals surface area contributed by atoms with E-state index in [1.807, 2.05) is 0 Å². The largest absolute Gasteiger partial charge is 0.480 e. The third-order valence-corrected chi connectivity index (χ3v) is 2.65. The summed E-state index contributed by atoms with van der Waals surface area (Å²) >= 11 is 2.92. The monoisotopic (exact) mass is 321 g/mol. The second-order valence-corrected chi connectivity index (χ2v) is 4.56. The molecule has 0 aliphatic heterocycles. The lowest BCUT2D eigenvalue weighted by Crippen LogP contribution is -2.41. The van der Waals surface area contributed by atoms with Gasteiger partial charge in [0.1, 0.15) is 17.7 Å². The normalized spacial score (nSPS) is 12.0. The van der Waals surface area contributed by atoms with Gasteiger partial charge in [-0.15, -0.1) is 0 Å². The number of aliphatic carboxylic acids is 1. The molecule has 0 heterocycles. The number of benzene rings is 1. The van der Waals surface area contributed by atoms with Crippen LogP contribution in [0.15, 0.2) is 16.6 Å². The van der Waals surface area contributed by atoms with Crippen LogP contribution in [0.25, 0.3) is 0 Å². The minimum atomic E-state index is -1.37. The number of carbonyl (C=O) groups is 2. The highest BCUT2D eigenvalue weighted by molar-refractivity contribution is 9.10.